The number of nitrogens with zero attached hydrogens (tertiary/aromatic N) is 1. The van der Waals surface area contributed by atoms with Crippen molar-refractivity contribution in [3.05, 3.63) is 34.9 Å². The normalized spacial score (nSPS) is 27.7. The van der Waals surface area contributed by atoms with Crippen LogP contribution in [-0.2, 0) is 0 Å². The Kier molecular flexibility index (Phi) is 5.60. The Morgan fingerprint density at radius 2 is 2.04 bits per heavy atom. The molecule has 1 aromatic carbocycles. The molecule has 1 aromatic rings. The van der Waals surface area contributed by atoms with Crippen LogP contribution in [0.15, 0.2) is 24.3 Å². The van der Waals surface area contributed by atoms with Gasteiger partial charge in [0, 0.05) is 28.7 Å². The zero-order chi connectivity index (χ0) is 16.2. The Morgan fingerprint density at radius 1 is 1.30 bits per heavy atom. The highest BCUT2D eigenvalue weighted by Gasteiger charge is 2.38. The topological polar surface area (TPSA) is 32.3 Å². The van der Waals surface area contributed by atoms with Gasteiger partial charge in [0.1, 0.15) is 0 Å². The third kappa shape index (κ3) is 4.07. The average Bonchev–Trinajstić information content (AvgIpc) is 2.52. The predicted molar refractivity (Wildman–Crippen MR) is 95.0 cm³/mol. The molecular weight excluding hydrogens is 308 g/mol. The van der Waals surface area contributed by atoms with E-state index >= 15 is 0 Å². The molecule has 0 radical (unpaired) electrons. The average molecular weight is 335 g/mol. The predicted octanol–water partition coefficient (Wildman–Crippen LogP) is 4.26. The van der Waals surface area contributed by atoms with E-state index in [1.807, 2.05) is 12.1 Å². The van der Waals surface area contributed by atoms with Crippen LogP contribution in [-0.4, -0.2) is 35.5 Å². The molecule has 0 aliphatic carbocycles. The summed E-state index contributed by atoms with van der Waals surface area (Å²) in [6.45, 7) is 3.48. The van der Waals surface area contributed by atoms with E-state index in [0.717, 1.165) is 12.8 Å². The monoisotopic (exact) mass is 334 g/mol. The van der Waals surface area contributed by atoms with E-state index in [4.69, 9.17) is 11.6 Å². The van der Waals surface area contributed by atoms with Gasteiger partial charge in [-0.1, -0.05) is 37.4 Å². The molecular formula is C19H27ClN2O. The summed E-state index contributed by atoms with van der Waals surface area (Å²) in [6, 6.07) is 8.81. The molecule has 126 valence electrons. The molecule has 2 aliphatic heterocycles. The van der Waals surface area contributed by atoms with Gasteiger partial charge in [-0.25, -0.2) is 0 Å². The second kappa shape index (κ2) is 7.67. The molecule has 2 fully saturated rings. The lowest BCUT2D eigenvalue weighted by Gasteiger charge is -2.49. The minimum atomic E-state index is 0.0116. The molecule has 0 aromatic heterocycles. The van der Waals surface area contributed by atoms with Gasteiger partial charge < -0.3 is 5.32 Å². The highest BCUT2D eigenvalue weighted by molar-refractivity contribution is 6.30. The molecule has 23 heavy (non-hydrogen) atoms. The SMILES string of the molecule is CCCCN1C2CCCC1CC(NC(=O)c1cccc(Cl)c1)C2. The number of amides is 1. The van der Waals surface area contributed by atoms with E-state index in [1.54, 1.807) is 12.1 Å². The van der Waals surface area contributed by atoms with Gasteiger partial charge in [-0.2, -0.15) is 0 Å². The van der Waals surface area contributed by atoms with Crippen LogP contribution in [0, 0.1) is 0 Å². The lowest BCUT2D eigenvalue weighted by molar-refractivity contribution is 0.0234. The maximum absolute atomic E-state index is 12.5. The van der Waals surface area contributed by atoms with Crippen molar-refractivity contribution in [2.24, 2.45) is 0 Å². The van der Waals surface area contributed by atoms with E-state index in [1.165, 1.54) is 38.6 Å². The summed E-state index contributed by atoms with van der Waals surface area (Å²) in [5.41, 5.74) is 0.663. The number of benzene rings is 1. The fraction of sp³-hybridized carbons (Fsp3) is 0.632. The van der Waals surface area contributed by atoms with Gasteiger partial charge >= 0.3 is 0 Å². The molecule has 2 saturated heterocycles. The molecule has 2 aliphatic rings. The number of fused-ring (bicyclic) bond motifs is 2. The van der Waals surface area contributed by atoms with Gasteiger partial charge in [0.05, 0.1) is 0 Å². The molecule has 4 heteroatoms. The Balaban J connectivity index is 1.61. The molecule has 2 bridgehead atoms. The summed E-state index contributed by atoms with van der Waals surface area (Å²) < 4.78 is 0. The zero-order valence-electron chi connectivity index (χ0n) is 13.9. The lowest BCUT2D eigenvalue weighted by Crippen LogP contribution is -2.57. The van der Waals surface area contributed by atoms with Crippen LogP contribution >= 0.6 is 11.6 Å². The maximum Gasteiger partial charge on any atom is 0.251 e. The van der Waals surface area contributed by atoms with Crippen molar-refractivity contribution in [2.45, 2.75) is 70.0 Å². The Hall–Kier alpha value is -1.06. The van der Waals surface area contributed by atoms with Crippen LogP contribution < -0.4 is 5.32 Å². The first-order chi connectivity index (χ1) is 11.2. The Labute approximate surface area is 144 Å². The summed E-state index contributed by atoms with van der Waals surface area (Å²) in [5, 5.41) is 3.86. The highest BCUT2D eigenvalue weighted by Crippen LogP contribution is 2.34. The lowest BCUT2D eigenvalue weighted by atomic mass is 9.81. The molecule has 2 unspecified atom stereocenters. The highest BCUT2D eigenvalue weighted by atomic mass is 35.5. The molecule has 2 heterocycles. The number of carbonyl (C=O) groups excluding carboxylic acids is 1. The van der Waals surface area contributed by atoms with Crippen molar-refractivity contribution in [2.75, 3.05) is 6.54 Å². The van der Waals surface area contributed by atoms with Gasteiger partial charge in [-0.15, -0.1) is 0 Å². The van der Waals surface area contributed by atoms with Gasteiger partial charge in [0.25, 0.3) is 5.91 Å². The third-order valence-corrected chi connectivity index (χ3v) is 5.55. The fourth-order valence-corrected chi connectivity index (χ4v) is 4.39. The van der Waals surface area contributed by atoms with E-state index in [-0.39, 0.29) is 5.91 Å². The Morgan fingerprint density at radius 3 is 2.70 bits per heavy atom. The van der Waals surface area contributed by atoms with Gasteiger partial charge in [0.15, 0.2) is 0 Å². The summed E-state index contributed by atoms with van der Waals surface area (Å²) in [4.78, 5) is 15.2. The van der Waals surface area contributed by atoms with Crippen LogP contribution in [0.5, 0.6) is 0 Å². The maximum atomic E-state index is 12.5. The first kappa shape index (κ1) is 16.8. The number of halogens is 1. The number of hydrogen-bond donors (Lipinski definition) is 1. The van der Waals surface area contributed by atoms with Crippen LogP contribution in [0.25, 0.3) is 0 Å². The summed E-state index contributed by atoms with van der Waals surface area (Å²) in [5.74, 6) is 0.0116. The molecule has 3 rings (SSSR count). The summed E-state index contributed by atoms with van der Waals surface area (Å²) in [7, 11) is 0. The first-order valence-corrected chi connectivity index (χ1v) is 9.37. The Bertz CT molecular complexity index is 534. The molecule has 1 amide bonds. The summed E-state index contributed by atoms with van der Waals surface area (Å²) in [6.07, 6.45) is 8.62. The van der Waals surface area contributed by atoms with Crippen molar-refractivity contribution < 1.29 is 4.79 Å². The van der Waals surface area contributed by atoms with Gasteiger partial charge in [-0.3, -0.25) is 9.69 Å². The number of carbonyl (C=O) groups is 1. The van der Waals surface area contributed by atoms with E-state index < -0.39 is 0 Å². The van der Waals surface area contributed by atoms with Gasteiger partial charge in [-0.05, 0) is 56.8 Å². The molecule has 1 N–H and O–H groups in total. The van der Waals surface area contributed by atoms with E-state index in [2.05, 4.69) is 17.1 Å². The third-order valence-electron chi connectivity index (χ3n) is 5.32. The van der Waals surface area contributed by atoms with Crippen LogP contribution in [0.4, 0.5) is 0 Å². The molecule has 0 saturated carbocycles. The number of nitrogens with one attached hydrogen (secondary N) is 1. The smallest absolute Gasteiger partial charge is 0.251 e. The minimum Gasteiger partial charge on any atom is -0.349 e. The first-order valence-electron chi connectivity index (χ1n) is 8.99. The van der Waals surface area contributed by atoms with Crippen LogP contribution in [0.3, 0.4) is 0 Å². The quantitative estimate of drug-likeness (QED) is 0.872. The van der Waals surface area contributed by atoms with Crippen molar-refractivity contribution in [1.29, 1.82) is 0 Å². The van der Waals surface area contributed by atoms with E-state index in [0.29, 0.717) is 28.7 Å². The van der Waals surface area contributed by atoms with Crippen molar-refractivity contribution in [1.82, 2.24) is 10.2 Å². The number of piperidine rings is 2. The second-order valence-electron chi connectivity index (χ2n) is 6.98. The second-order valence-corrected chi connectivity index (χ2v) is 7.42. The standard InChI is InChI=1S/C19H27ClN2O/c1-2-3-10-22-17-8-5-9-18(22)13-16(12-17)21-19(23)14-6-4-7-15(20)11-14/h4,6-7,11,16-18H,2-3,5,8-10,12-13H2,1H3,(H,21,23). The number of hydrogen-bond acceptors (Lipinski definition) is 2. The summed E-state index contributed by atoms with van der Waals surface area (Å²) >= 11 is 5.99. The van der Waals surface area contributed by atoms with Crippen LogP contribution in [0.1, 0.15) is 62.2 Å². The number of rotatable bonds is 5. The molecule has 3 nitrogen and oxygen atoms in total. The fourth-order valence-electron chi connectivity index (χ4n) is 4.20. The van der Waals surface area contributed by atoms with Crippen LogP contribution in [0.2, 0.25) is 5.02 Å². The van der Waals surface area contributed by atoms with Crippen molar-refractivity contribution in [3.63, 3.8) is 0 Å². The zero-order valence-corrected chi connectivity index (χ0v) is 14.7. The number of unbranched alkanes of at least 4 members (excludes halogenated alkanes) is 1. The largest absolute Gasteiger partial charge is 0.349 e. The van der Waals surface area contributed by atoms with E-state index in [9.17, 15) is 4.79 Å². The minimum absolute atomic E-state index is 0.0116. The molecule has 2 atom stereocenters. The molecule has 0 spiro atoms. The van der Waals surface area contributed by atoms with Crippen molar-refractivity contribution in [3.8, 4) is 0 Å². The van der Waals surface area contributed by atoms with Gasteiger partial charge in [0.2, 0.25) is 0 Å². The van der Waals surface area contributed by atoms with Crippen molar-refractivity contribution >= 4 is 17.5 Å².